The van der Waals surface area contributed by atoms with Gasteiger partial charge in [0.25, 0.3) is 0 Å². The van der Waals surface area contributed by atoms with E-state index in [0.717, 1.165) is 37.4 Å². The van der Waals surface area contributed by atoms with Crippen LogP contribution in [-0.2, 0) is 28.3 Å². The number of carbonyl (C=O) groups is 1. The lowest BCUT2D eigenvalue weighted by Crippen LogP contribution is -3.00. The number of rotatable bonds is 10. The van der Waals surface area contributed by atoms with E-state index in [4.69, 9.17) is 4.74 Å². The summed E-state index contributed by atoms with van der Waals surface area (Å²) in [6.45, 7) is 7.44. The number of anilines is 2. The molecule has 0 saturated carbocycles. The maximum absolute atomic E-state index is 13.2. The van der Waals surface area contributed by atoms with Crippen molar-refractivity contribution < 1.29 is 46.5 Å². The number of aryl methyl sites for hydroxylation is 3. The fourth-order valence-electron chi connectivity index (χ4n) is 5.06. The Kier molecular flexibility index (Phi) is 11.0. The molecule has 0 unspecified atom stereocenters. The highest BCUT2D eigenvalue weighted by Crippen LogP contribution is 2.28. The first-order chi connectivity index (χ1) is 18.6. The van der Waals surface area contributed by atoms with E-state index in [1.165, 1.54) is 17.0 Å². The molecule has 40 heavy (non-hydrogen) atoms. The molecule has 3 aromatic rings. The number of ether oxygens (including phenoxy) is 1. The number of sulfonamides is 1. The lowest BCUT2D eigenvalue weighted by atomic mass is 10.1. The summed E-state index contributed by atoms with van der Waals surface area (Å²) < 4.78 is 35.0. The van der Waals surface area contributed by atoms with Gasteiger partial charge in [-0.15, -0.1) is 0 Å². The molecule has 0 amide bonds. The molecular weight excluding hydrogens is 639 g/mol. The number of halogens is 1. The molecule has 0 spiro atoms. The van der Waals surface area contributed by atoms with Crippen LogP contribution in [0.4, 0.5) is 11.4 Å². The Bertz CT molecular complexity index is 1380. The summed E-state index contributed by atoms with van der Waals surface area (Å²) in [5, 5.41) is 0. The number of aromatic nitrogens is 1. The third-order valence-electron chi connectivity index (χ3n) is 7.35. The second kappa shape index (κ2) is 13.8. The van der Waals surface area contributed by atoms with Crippen LogP contribution in [0.15, 0.2) is 65.8 Å². The Morgan fingerprint density at radius 3 is 1.93 bits per heavy atom. The molecule has 1 saturated heterocycles. The van der Waals surface area contributed by atoms with Gasteiger partial charge in [0.15, 0.2) is 12.4 Å². The highest BCUT2D eigenvalue weighted by molar-refractivity contribution is 7.89. The zero-order valence-electron chi connectivity index (χ0n) is 23.9. The van der Waals surface area contributed by atoms with Crippen LogP contribution in [0.1, 0.15) is 23.1 Å². The topological polar surface area (TPSA) is 74.0 Å². The van der Waals surface area contributed by atoms with Gasteiger partial charge in [-0.1, -0.05) is 12.1 Å². The van der Waals surface area contributed by atoms with E-state index in [1.54, 1.807) is 33.1 Å². The number of hydrogen-bond acceptors (Lipinski definition) is 6. The van der Waals surface area contributed by atoms with E-state index in [-0.39, 0.29) is 54.0 Å². The van der Waals surface area contributed by atoms with Crippen LogP contribution in [0.3, 0.4) is 0 Å². The molecule has 0 atom stereocenters. The monoisotopic (exact) mass is 678 g/mol. The molecule has 0 aliphatic carbocycles. The zero-order chi connectivity index (χ0) is 28.2. The van der Waals surface area contributed by atoms with Gasteiger partial charge in [0.1, 0.15) is 18.6 Å². The summed E-state index contributed by atoms with van der Waals surface area (Å²) in [6.07, 6.45) is 4.59. The van der Waals surface area contributed by atoms with Crippen LogP contribution in [0.5, 0.6) is 5.75 Å². The van der Waals surface area contributed by atoms with Crippen LogP contribution in [0.25, 0.3) is 0 Å². The molecular formula is C30H39IN4O4S. The maximum atomic E-state index is 13.2. The average molecular weight is 679 g/mol. The van der Waals surface area contributed by atoms with Gasteiger partial charge in [-0.05, 0) is 54.8 Å². The van der Waals surface area contributed by atoms with Crippen molar-refractivity contribution in [2.75, 3.05) is 56.7 Å². The number of ketones is 1. The first-order valence-electron chi connectivity index (χ1n) is 13.3. The van der Waals surface area contributed by atoms with E-state index in [2.05, 4.69) is 46.5 Å². The third-order valence-corrected chi connectivity index (χ3v) is 9.51. The van der Waals surface area contributed by atoms with Gasteiger partial charge in [-0.3, -0.25) is 4.79 Å². The predicted octanol–water partition coefficient (Wildman–Crippen LogP) is 0.290. The maximum Gasteiger partial charge on any atom is 0.243 e. The van der Waals surface area contributed by atoms with Gasteiger partial charge in [0, 0.05) is 76.1 Å². The SMILES string of the molecule is COc1cc(C)c(S(=O)(=O)N(C)CCC(=O)Cc2ccc(N3CCN(c4cc[n+](C)cc4)CC3)cc2)c(C)c1.[I-]. The van der Waals surface area contributed by atoms with Crippen molar-refractivity contribution in [1.29, 1.82) is 0 Å². The Balaban J connectivity index is 0.00000441. The highest BCUT2D eigenvalue weighted by Gasteiger charge is 2.26. The molecule has 2 heterocycles. The average Bonchev–Trinajstić information content (AvgIpc) is 2.92. The molecule has 4 rings (SSSR count). The molecule has 0 radical (unpaired) electrons. The molecule has 1 fully saturated rings. The van der Waals surface area contributed by atoms with E-state index in [9.17, 15) is 13.2 Å². The van der Waals surface area contributed by atoms with Crippen molar-refractivity contribution in [2.24, 2.45) is 7.05 Å². The quantitative estimate of drug-likeness (QED) is 0.227. The van der Waals surface area contributed by atoms with E-state index >= 15 is 0 Å². The van der Waals surface area contributed by atoms with Crippen molar-refractivity contribution in [1.82, 2.24) is 4.31 Å². The number of Topliss-reactive ketones (excluding diaryl/α,β-unsaturated/α-hetero) is 1. The molecule has 1 aromatic heterocycles. The second-order valence-electron chi connectivity index (χ2n) is 10.2. The predicted molar refractivity (Wildman–Crippen MR) is 154 cm³/mol. The summed E-state index contributed by atoms with van der Waals surface area (Å²) in [5.74, 6) is 0.634. The number of methoxy groups -OCH3 is 1. The molecule has 2 aromatic carbocycles. The van der Waals surface area contributed by atoms with Crippen molar-refractivity contribution in [2.45, 2.75) is 31.6 Å². The number of piperazine rings is 1. The molecule has 0 N–H and O–H groups in total. The van der Waals surface area contributed by atoms with Crippen LogP contribution < -0.4 is 43.1 Å². The Hall–Kier alpha value is -2.70. The smallest absolute Gasteiger partial charge is 0.243 e. The molecule has 8 nitrogen and oxygen atoms in total. The van der Waals surface area contributed by atoms with Crippen molar-refractivity contribution in [3.63, 3.8) is 0 Å². The van der Waals surface area contributed by atoms with Crippen molar-refractivity contribution >= 4 is 27.2 Å². The number of carbonyl (C=O) groups excluding carboxylic acids is 1. The fourth-order valence-corrected chi connectivity index (χ4v) is 6.64. The Morgan fingerprint density at radius 1 is 0.925 bits per heavy atom. The van der Waals surface area contributed by atoms with Gasteiger partial charge in [-0.2, -0.15) is 0 Å². The van der Waals surface area contributed by atoms with Gasteiger partial charge < -0.3 is 38.5 Å². The Labute approximate surface area is 255 Å². The number of pyridine rings is 1. The lowest BCUT2D eigenvalue weighted by molar-refractivity contribution is -0.671. The van der Waals surface area contributed by atoms with Gasteiger partial charge >= 0.3 is 0 Å². The van der Waals surface area contributed by atoms with E-state index in [0.29, 0.717) is 16.9 Å². The van der Waals surface area contributed by atoms with E-state index < -0.39 is 10.0 Å². The summed E-state index contributed by atoms with van der Waals surface area (Å²) in [7, 11) is 1.38. The number of hydrogen-bond donors (Lipinski definition) is 0. The molecule has 1 aliphatic rings. The largest absolute Gasteiger partial charge is 1.00 e. The van der Waals surface area contributed by atoms with Gasteiger partial charge in [0.2, 0.25) is 10.0 Å². The van der Waals surface area contributed by atoms with Crippen LogP contribution in [-0.4, -0.2) is 65.4 Å². The number of nitrogens with zero attached hydrogens (tertiary/aromatic N) is 4. The first-order valence-corrected chi connectivity index (χ1v) is 14.7. The summed E-state index contributed by atoms with van der Waals surface area (Å²) >= 11 is 0. The molecule has 0 bridgehead atoms. The molecule has 216 valence electrons. The minimum absolute atomic E-state index is 0. The number of benzene rings is 2. The summed E-state index contributed by atoms with van der Waals surface area (Å²) in [6, 6.07) is 15.9. The molecule has 10 heteroatoms. The molecule has 1 aliphatic heterocycles. The van der Waals surface area contributed by atoms with Crippen molar-refractivity contribution in [3.05, 3.63) is 77.6 Å². The van der Waals surface area contributed by atoms with Crippen LogP contribution in [0.2, 0.25) is 0 Å². The standard InChI is InChI=1S/C30H39N4O4S.HI/c1-23-20-29(38-5)21-24(2)30(23)39(36,37)32(4)15-12-28(35)22-25-6-8-26(9-7-25)33-16-18-34(19-17-33)27-10-13-31(3)14-11-27;/h6-11,13-14,20-21H,12,15-19,22H2,1-5H3;1H/q+1;/p-1. The summed E-state index contributed by atoms with van der Waals surface area (Å²) in [5.41, 5.74) is 4.59. The third kappa shape index (κ3) is 7.52. The first kappa shape index (κ1) is 31.8. The van der Waals surface area contributed by atoms with Gasteiger partial charge in [-0.25, -0.2) is 17.3 Å². The minimum atomic E-state index is -3.72. The highest BCUT2D eigenvalue weighted by atomic mass is 127. The van der Waals surface area contributed by atoms with E-state index in [1.807, 2.05) is 23.7 Å². The second-order valence-corrected chi connectivity index (χ2v) is 12.2. The summed E-state index contributed by atoms with van der Waals surface area (Å²) in [4.78, 5) is 17.8. The normalized spacial score (nSPS) is 13.8. The Morgan fingerprint density at radius 2 is 1.43 bits per heavy atom. The van der Waals surface area contributed by atoms with Crippen LogP contribution in [0, 0.1) is 13.8 Å². The van der Waals surface area contributed by atoms with Crippen molar-refractivity contribution in [3.8, 4) is 5.75 Å². The van der Waals surface area contributed by atoms with Crippen LogP contribution >= 0.6 is 0 Å². The lowest BCUT2D eigenvalue weighted by Gasteiger charge is -2.37. The van der Waals surface area contributed by atoms with Gasteiger partial charge in [0.05, 0.1) is 12.0 Å². The minimum Gasteiger partial charge on any atom is -1.00 e. The zero-order valence-corrected chi connectivity index (χ0v) is 26.9. The fraction of sp³-hybridized carbons (Fsp3) is 0.400.